The molecule has 2 aromatic heterocycles. The lowest BCUT2D eigenvalue weighted by Crippen LogP contribution is -2.12. The van der Waals surface area contributed by atoms with Gasteiger partial charge in [-0.05, 0) is 36.9 Å². The number of nitrogens with zero attached hydrogens (tertiary/aromatic N) is 5. The standard InChI is InChI=1S/C17H20FN5S/c1-13-7-9-19-22(13)12-17-20-16(8-10-24-2)21-23(17)11-14-3-5-15(18)6-4-14/h3-7,9H,8,10-12H2,1-2H3. The van der Waals surface area contributed by atoms with Crippen LogP contribution in [0.2, 0.25) is 0 Å². The van der Waals surface area contributed by atoms with Crippen molar-refractivity contribution in [3.8, 4) is 0 Å². The molecule has 5 nitrogen and oxygen atoms in total. The Kier molecular flexibility index (Phi) is 5.30. The van der Waals surface area contributed by atoms with Crippen molar-refractivity contribution in [1.82, 2.24) is 24.5 Å². The minimum absolute atomic E-state index is 0.231. The van der Waals surface area contributed by atoms with Gasteiger partial charge in [0.05, 0.1) is 6.54 Å². The molecule has 0 fully saturated rings. The predicted octanol–water partition coefficient (Wildman–Crippen LogP) is 2.92. The fraction of sp³-hybridized carbons (Fsp3) is 0.353. The summed E-state index contributed by atoms with van der Waals surface area (Å²) in [5.41, 5.74) is 2.08. The van der Waals surface area contributed by atoms with Crippen LogP contribution in [0.4, 0.5) is 4.39 Å². The van der Waals surface area contributed by atoms with E-state index < -0.39 is 0 Å². The Balaban J connectivity index is 1.85. The SMILES string of the molecule is CSCCc1nc(Cn2nccc2C)n(Cc2ccc(F)cc2)n1. The average Bonchev–Trinajstić information content (AvgIpc) is 3.15. The van der Waals surface area contributed by atoms with Crippen molar-refractivity contribution >= 4 is 11.8 Å². The topological polar surface area (TPSA) is 48.5 Å². The minimum Gasteiger partial charge on any atom is -0.262 e. The molecule has 0 unspecified atom stereocenters. The lowest BCUT2D eigenvalue weighted by atomic mass is 10.2. The largest absolute Gasteiger partial charge is 0.262 e. The van der Waals surface area contributed by atoms with Crippen molar-refractivity contribution in [1.29, 1.82) is 0 Å². The summed E-state index contributed by atoms with van der Waals surface area (Å²) in [4.78, 5) is 4.68. The molecule has 7 heteroatoms. The molecule has 2 heterocycles. The van der Waals surface area contributed by atoms with Gasteiger partial charge in [0.1, 0.15) is 18.2 Å². The van der Waals surface area contributed by atoms with Gasteiger partial charge >= 0.3 is 0 Å². The van der Waals surface area contributed by atoms with Crippen LogP contribution in [0.15, 0.2) is 36.5 Å². The van der Waals surface area contributed by atoms with Gasteiger partial charge in [-0.15, -0.1) is 0 Å². The first-order valence-corrected chi connectivity index (χ1v) is 9.19. The van der Waals surface area contributed by atoms with E-state index in [4.69, 9.17) is 0 Å². The van der Waals surface area contributed by atoms with Gasteiger partial charge in [0.15, 0.2) is 5.82 Å². The van der Waals surface area contributed by atoms with E-state index in [-0.39, 0.29) is 5.82 Å². The zero-order valence-corrected chi connectivity index (χ0v) is 14.6. The van der Waals surface area contributed by atoms with Crippen LogP contribution in [-0.4, -0.2) is 36.6 Å². The number of benzene rings is 1. The third kappa shape index (κ3) is 4.03. The summed E-state index contributed by atoms with van der Waals surface area (Å²) >= 11 is 1.78. The van der Waals surface area contributed by atoms with Crippen LogP contribution in [0, 0.1) is 12.7 Å². The molecule has 0 aliphatic rings. The minimum atomic E-state index is -0.231. The summed E-state index contributed by atoms with van der Waals surface area (Å²) in [7, 11) is 0. The maximum absolute atomic E-state index is 13.1. The van der Waals surface area contributed by atoms with Crippen molar-refractivity contribution in [3.05, 3.63) is 65.3 Å². The number of hydrogen-bond acceptors (Lipinski definition) is 4. The number of aryl methyl sites for hydroxylation is 2. The van der Waals surface area contributed by atoms with E-state index >= 15 is 0 Å². The van der Waals surface area contributed by atoms with Gasteiger partial charge < -0.3 is 0 Å². The normalized spacial score (nSPS) is 11.1. The van der Waals surface area contributed by atoms with Crippen LogP contribution in [0.3, 0.4) is 0 Å². The first kappa shape index (κ1) is 16.7. The maximum atomic E-state index is 13.1. The first-order chi connectivity index (χ1) is 11.7. The van der Waals surface area contributed by atoms with Crippen LogP contribution in [0.25, 0.3) is 0 Å². The quantitative estimate of drug-likeness (QED) is 0.661. The Morgan fingerprint density at radius 3 is 2.54 bits per heavy atom. The Hall–Kier alpha value is -2.15. The van der Waals surface area contributed by atoms with E-state index in [1.807, 2.05) is 22.4 Å². The zero-order chi connectivity index (χ0) is 16.9. The average molecular weight is 345 g/mol. The molecule has 0 aliphatic heterocycles. The highest BCUT2D eigenvalue weighted by atomic mass is 32.2. The molecule has 0 spiro atoms. The number of halogens is 1. The molecular formula is C17H20FN5S. The number of aromatic nitrogens is 5. The van der Waals surface area contributed by atoms with Crippen molar-refractivity contribution < 1.29 is 4.39 Å². The second-order valence-corrected chi connectivity index (χ2v) is 6.59. The third-order valence-corrected chi connectivity index (χ3v) is 4.40. The highest BCUT2D eigenvalue weighted by Crippen LogP contribution is 2.10. The predicted molar refractivity (Wildman–Crippen MR) is 93.7 cm³/mol. The molecule has 0 amide bonds. The lowest BCUT2D eigenvalue weighted by molar-refractivity contribution is 0.570. The summed E-state index contributed by atoms with van der Waals surface area (Å²) in [6.45, 7) is 3.16. The Morgan fingerprint density at radius 1 is 1.08 bits per heavy atom. The zero-order valence-electron chi connectivity index (χ0n) is 13.8. The van der Waals surface area contributed by atoms with Crippen molar-refractivity contribution in [2.75, 3.05) is 12.0 Å². The molecule has 1 aromatic carbocycles. The van der Waals surface area contributed by atoms with Crippen LogP contribution in [0.5, 0.6) is 0 Å². The lowest BCUT2D eigenvalue weighted by Gasteiger charge is -2.07. The van der Waals surface area contributed by atoms with Gasteiger partial charge in [0.2, 0.25) is 0 Å². The molecule has 0 aliphatic carbocycles. The van der Waals surface area contributed by atoms with Gasteiger partial charge in [-0.3, -0.25) is 4.68 Å². The molecule has 3 aromatic rings. The molecule has 0 bridgehead atoms. The monoisotopic (exact) mass is 345 g/mol. The van der Waals surface area contributed by atoms with E-state index in [1.165, 1.54) is 12.1 Å². The van der Waals surface area contributed by atoms with E-state index in [0.717, 1.165) is 35.1 Å². The molecular weight excluding hydrogens is 325 g/mol. The fourth-order valence-corrected chi connectivity index (χ4v) is 2.82. The van der Waals surface area contributed by atoms with Gasteiger partial charge in [0.25, 0.3) is 0 Å². The van der Waals surface area contributed by atoms with Crippen LogP contribution < -0.4 is 0 Å². The molecule has 126 valence electrons. The second kappa shape index (κ2) is 7.61. The van der Waals surface area contributed by atoms with E-state index in [2.05, 4.69) is 21.4 Å². The van der Waals surface area contributed by atoms with Crippen molar-refractivity contribution in [2.24, 2.45) is 0 Å². The Bertz CT molecular complexity index is 794. The van der Waals surface area contributed by atoms with Gasteiger partial charge in [-0.1, -0.05) is 12.1 Å². The van der Waals surface area contributed by atoms with Crippen LogP contribution in [0.1, 0.15) is 22.9 Å². The Labute approximate surface area is 144 Å². The Morgan fingerprint density at radius 2 is 1.88 bits per heavy atom. The smallest absolute Gasteiger partial charge is 0.151 e. The second-order valence-electron chi connectivity index (χ2n) is 5.60. The molecule has 3 rings (SSSR count). The fourth-order valence-electron chi connectivity index (χ4n) is 2.43. The highest BCUT2D eigenvalue weighted by molar-refractivity contribution is 7.98. The van der Waals surface area contributed by atoms with Crippen LogP contribution >= 0.6 is 11.8 Å². The summed E-state index contributed by atoms with van der Waals surface area (Å²) in [6.07, 6.45) is 4.69. The van der Waals surface area contributed by atoms with Gasteiger partial charge in [-0.2, -0.15) is 22.0 Å². The van der Waals surface area contributed by atoms with Crippen molar-refractivity contribution in [3.63, 3.8) is 0 Å². The number of hydrogen-bond donors (Lipinski definition) is 0. The molecule has 0 saturated carbocycles. The summed E-state index contributed by atoms with van der Waals surface area (Å²) in [6, 6.07) is 8.47. The maximum Gasteiger partial charge on any atom is 0.151 e. The number of thioether (sulfide) groups is 1. The number of rotatable bonds is 7. The van der Waals surface area contributed by atoms with E-state index in [0.29, 0.717) is 13.1 Å². The summed E-state index contributed by atoms with van der Waals surface area (Å²) in [5, 5.41) is 8.96. The molecule has 0 saturated heterocycles. The van der Waals surface area contributed by atoms with Crippen molar-refractivity contribution in [2.45, 2.75) is 26.4 Å². The van der Waals surface area contributed by atoms with E-state index in [9.17, 15) is 4.39 Å². The van der Waals surface area contributed by atoms with Gasteiger partial charge in [-0.25, -0.2) is 14.1 Å². The van der Waals surface area contributed by atoms with E-state index in [1.54, 1.807) is 30.1 Å². The van der Waals surface area contributed by atoms with Crippen LogP contribution in [-0.2, 0) is 19.5 Å². The highest BCUT2D eigenvalue weighted by Gasteiger charge is 2.12. The summed E-state index contributed by atoms with van der Waals surface area (Å²) < 4.78 is 16.9. The van der Waals surface area contributed by atoms with Gasteiger partial charge in [0, 0.05) is 24.1 Å². The summed E-state index contributed by atoms with van der Waals surface area (Å²) in [5.74, 6) is 2.46. The third-order valence-electron chi connectivity index (χ3n) is 3.79. The molecule has 0 N–H and O–H groups in total. The molecule has 0 atom stereocenters. The molecule has 24 heavy (non-hydrogen) atoms. The molecule has 0 radical (unpaired) electrons. The first-order valence-electron chi connectivity index (χ1n) is 7.80.